The SMILES string of the molecule is CCO[Si](CC(CN)C(C)(O)O)(OCC)OCC. The average molecular weight is 281 g/mol. The van der Waals surface area contributed by atoms with Crippen LogP contribution in [0, 0.1) is 5.92 Å². The van der Waals surface area contributed by atoms with Gasteiger partial charge in [-0.05, 0) is 27.7 Å². The van der Waals surface area contributed by atoms with E-state index in [0.717, 1.165) is 0 Å². The fraction of sp³-hybridized carbons (Fsp3) is 1.00. The van der Waals surface area contributed by atoms with Crippen LogP contribution >= 0.6 is 0 Å². The van der Waals surface area contributed by atoms with Gasteiger partial charge in [0.2, 0.25) is 0 Å². The summed E-state index contributed by atoms with van der Waals surface area (Å²) in [4.78, 5) is 0. The standard InChI is InChI=1S/C11H27NO5Si/c1-5-15-18(16-6-2,17-7-3)9-10(8-12)11(4,13)14/h10,13-14H,5-9,12H2,1-4H3. The third kappa shape index (κ3) is 5.74. The van der Waals surface area contributed by atoms with Crippen molar-refractivity contribution < 1.29 is 23.5 Å². The summed E-state index contributed by atoms with van der Waals surface area (Å²) in [5, 5.41) is 19.4. The lowest BCUT2D eigenvalue weighted by molar-refractivity contribution is -0.180. The molecule has 0 bridgehead atoms. The Bertz CT molecular complexity index is 205. The first-order valence-electron chi connectivity index (χ1n) is 6.41. The van der Waals surface area contributed by atoms with E-state index in [-0.39, 0.29) is 6.54 Å². The minimum Gasteiger partial charge on any atom is -0.374 e. The van der Waals surface area contributed by atoms with Crippen LogP contribution in [0.25, 0.3) is 0 Å². The monoisotopic (exact) mass is 281 g/mol. The Labute approximate surface area is 110 Å². The first kappa shape index (κ1) is 18.0. The predicted molar refractivity (Wildman–Crippen MR) is 70.8 cm³/mol. The molecule has 0 aliphatic heterocycles. The Morgan fingerprint density at radius 2 is 1.44 bits per heavy atom. The van der Waals surface area contributed by atoms with Crippen molar-refractivity contribution in [2.45, 2.75) is 39.5 Å². The van der Waals surface area contributed by atoms with Crippen LogP contribution in [0.3, 0.4) is 0 Å². The second-order valence-electron chi connectivity index (χ2n) is 4.21. The molecule has 0 radical (unpaired) electrons. The van der Waals surface area contributed by atoms with Crippen molar-refractivity contribution in [3.63, 3.8) is 0 Å². The summed E-state index contributed by atoms with van der Waals surface area (Å²) in [7, 11) is -2.89. The van der Waals surface area contributed by atoms with Gasteiger partial charge in [0.15, 0.2) is 5.79 Å². The van der Waals surface area contributed by atoms with E-state index in [1.165, 1.54) is 6.92 Å². The lowest BCUT2D eigenvalue weighted by Gasteiger charge is -2.34. The molecular formula is C11H27NO5Si. The summed E-state index contributed by atoms with van der Waals surface area (Å²) < 4.78 is 17.0. The van der Waals surface area contributed by atoms with Crippen LogP contribution in [0.4, 0.5) is 0 Å². The molecule has 0 rings (SSSR count). The van der Waals surface area contributed by atoms with Gasteiger partial charge in [-0.2, -0.15) is 0 Å². The fourth-order valence-electron chi connectivity index (χ4n) is 1.76. The van der Waals surface area contributed by atoms with Crippen molar-refractivity contribution in [1.29, 1.82) is 0 Å². The van der Waals surface area contributed by atoms with E-state index in [1.54, 1.807) is 0 Å². The summed E-state index contributed by atoms with van der Waals surface area (Å²) in [6.07, 6.45) is 0. The van der Waals surface area contributed by atoms with Crippen LogP contribution in [0.2, 0.25) is 6.04 Å². The lowest BCUT2D eigenvalue weighted by Crippen LogP contribution is -2.52. The summed E-state index contributed by atoms with van der Waals surface area (Å²) in [6, 6.07) is 0.294. The summed E-state index contributed by atoms with van der Waals surface area (Å²) in [5.41, 5.74) is 5.59. The normalized spacial score (nSPS) is 14.8. The highest BCUT2D eigenvalue weighted by molar-refractivity contribution is 6.60. The van der Waals surface area contributed by atoms with Gasteiger partial charge >= 0.3 is 8.80 Å². The molecule has 0 saturated heterocycles. The zero-order valence-corrected chi connectivity index (χ0v) is 12.8. The topological polar surface area (TPSA) is 94.2 Å². The second-order valence-corrected chi connectivity index (χ2v) is 6.85. The van der Waals surface area contributed by atoms with Crippen LogP contribution in [-0.2, 0) is 13.3 Å². The molecule has 6 nitrogen and oxygen atoms in total. The number of aliphatic hydroxyl groups is 2. The van der Waals surface area contributed by atoms with Crippen molar-refractivity contribution in [3.8, 4) is 0 Å². The highest BCUT2D eigenvalue weighted by atomic mass is 28.4. The molecule has 1 unspecified atom stereocenters. The van der Waals surface area contributed by atoms with Crippen molar-refractivity contribution >= 4 is 8.80 Å². The summed E-state index contributed by atoms with van der Waals surface area (Å²) in [6.45, 7) is 8.38. The Balaban J connectivity index is 4.92. The van der Waals surface area contributed by atoms with E-state index >= 15 is 0 Å². The minimum absolute atomic E-state index is 0.130. The molecule has 0 amide bonds. The lowest BCUT2D eigenvalue weighted by atomic mass is 10.0. The molecule has 0 fully saturated rings. The molecule has 0 spiro atoms. The van der Waals surface area contributed by atoms with Gasteiger partial charge in [-0.3, -0.25) is 0 Å². The number of hydrogen-bond donors (Lipinski definition) is 3. The first-order valence-corrected chi connectivity index (χ1v) is 8.35. The largest absolute Gasteiger partial charge is 0.501 e. The summed E-state index contributed by atoms with van der Waals surface area (Å²) >= 11 is 0. The Morgan fingerprint density at radius 1 is 1.06 bits per heavy atom. The van der Waals surface area contributed by atoms with Crippen molar-refractivity contribution in [2.24, 2.45) is 11.7 Å². The Morgan fingerprint density at radius 3 is 1.67 bits per heavy atom. The van der Waals surface area contributed by atoms with Gasteiger partial charge in [0, 0.05) is 38.3 Å². The third-order valence-corrected chi connectivity index (χ3v) is 5.83. The molecule has 0 aromatic rings. The maximum atomic E-state index is 9.68. The molecule has 110 valence electrons. The molecule has 0 heterocycles. The molecule has 7 heteroatoms. The van der Waals surface area contributed by atoms with E-state index in [1.807, 2.05) is 20.8 Å². The quantitative estimate of drug-likeness (QED) is 0.394. The van der Waals surface area contributed by atoms with E-state index in [2.05, 4.69) is 0 Å². The zero-order valence-electron chi connectivity index (χ0n) is 11.8. The van der Waals surface area contributed by atoms with E-state index < -0.39 is 20.5 Å². The zero-order chi connectivity index (χ0) is 14.2. The van der Waals surface area contributed by atoms with Gasteiger partial charge in [0.25, 0.3) is 0 Å². The third-order valence-electron chi connectivity index (χ3n) is 2.65. The van der Waals surface area contributed by atoms with E-state index in [4.69, 9.17) is 19.0 Å². The molecule has 18 heavy (non-hydrogen) atoms. The van der Waals surface area contributed by atoms with Gasteiger partial charge in [0.05, 0.1) is 0 Å². The van der Waals surface area contributed by atoms with Gasteiger partial charge in [-0.25, -0.2) is 0 Å². The van der Waals surface area contributed by atoms with Crippen molar-refractivity contribution in [2.75, 3.05) is 26.4 Å². The van der Waals surface area contributed by atoms with Crippen molar-refractivity contribution in [1.82, 2.24) is 0 Å². The van der Waals surface area contributed by atoms with Crippen LogP contribution in [-0.4, -0.2) is 51.2 Å². The average Bonchev–Trinajstić information content (AvgIpc) is 2.25. The molecule has 0 aromatic heterocycles. The second kappa shape index (κ2) is 8.21. The highest BCUT2D eigenvalue weighted by Crippen LogP contribution is 2.27. The molecule has 1 atom stereocenters. The maximum Gasteiger partial charge on any atom is 0.501 e. The molecular weight excluding hydrogens is 254 g/mol. The van der Waals surface area contributed by atoms with Gasteiger partial charge in [-0.1, -0.05) is 0 Å². The Hall–Kier alpha value is -0.0231. The predicted octanol–water partition coefficient (Wildman–Crippen LogP) is 0.311. The van der Waals surface area contributed by atoms with Crippen LogP contribution < -0.4 is 5.73 Å². The van der Waals surface area contributed by atoms with Crippen LogP contribution in [0.5, 0.6) is 0 Å². The van der Waals surface area contributed by atoms with E-state index in [9.17, 15) is 10.2 Å². The molecule has 0 aromatic carbocycles. The molecule has 0 aliphatic rings. The molecule has 0 aliphatic carbocycles. The summed E-state index contributed by atoms with van der Waals surface area (Å²) in [5.74, 6) is -2.41. The van der Waals surface area contributed by atoms with Gasteiger partial charge in [-0.15, -0.1) is 0 Å². The van der Waals surface area contributed by atoms with Gasteiger partial charge < -0.3 is 29.2 Å². The smallest absolute Gasteiger partial charge is 0.374 e. The fourth-order valence-corrected chi connectivity index (χ4v) is 4.84. The molecule has 4 N–H and O–H groups in total. The van der Waals surface area contributed by atoms with Crippen LogP contribution in [0.15, 0.2) is 0 Å². The van der Waals surface area contributed by atoms with Crippen LogP contribution in [0.1, 0.15) is 27.7 Å². The number of nitrogens with two attached hydrogens (primary N) is 1. The van der Waals surface area contributed by atoms with Gasteiger partial charge in [0.1, 0.15) is 0 Å². The Kier molecular flexibility index (Phi) is 8.20. The maximum absolute atomic E-state index is 9.68. The first-order chi connectivity index (χ1) is 8.35. The van der Waals surface area contributed by atoms with E-state index in [0.29, 0.717) is 25.9 Å². The van der Waals surface area contributed by atoms with Crippen molar-refractivity contribution in [3.05, 3.63) is 0 Å². The molecule has 0 saturated carbocycles. The highest BCUT2D eigenvalue weighted by Gasteiger charge is 2.46. The number of hydrogen-bond acceptors (Lipinski definition) is 6. The minimum atomic E-state index is -2.89. The number of rotatable bonds is 10.